The molecule has 1 atom stereocenters. The Kier molecular flexibility index (Phi) is 4.90. The van der Waals surface area contributed by atoms with E-state index in [4.69, 9.17) is 4.74 Å². The molecule has 2 aromatic rings. The molecule has 1 aliphatic rings. The van der Waals surface area contributed by atoms with E-state index in [0.29, 0.717) is 18.3 Å². The first-order valence-corrected chi connectivity index (χ1v) is 8.38. The fraction of sp³-hybridized carbons (Fsp3) is 0.421. The maximum atomic E-state index is 12.5. The Labute approximate surface area is 143 Å². The van der Waals surface area contributed by atoms with Gasteiger partial charge in [-0.05, 0) is 56.1 Å². The lowest BCUT2D eigenvalue weighted by molar-refractivity contribution is -0.117. The average Bonchev–Trinajstić information content (AvgIpc) is 3.16. The third-order valence-corrected chi connectivity index (χ3v) is 4.66. The summed E-state index contributed by atoms with van der Waals surface area (Å²) in [5, 5.41) is 3.00. The summed E-state index contributed by atoms with van der Waals surface area (Å²) in [4.78, 5) is 14.8. The molecule has 1 aliphatic heterocycles. The van der Waals surface area contributed by atoms with Gasteiger partial charge in [0.2, 0.25) is 5.91 Å². The molecule has 2 heterocycles. The first-order valence-electron chi connectivity index (χ1n) is 8.38. The Balaban J connectivity index is 1.69. The summed E-state index contributed by atoms with van der Waals surface area (Å²) in [5.41, 5.74) is 3.10. The van der Waals surface area contributed by atoms with Gasteiger partial charge in [0.25, 0.3) is 0 Å². The predicted molar refractivity (Wildman–Crippen MR) is 95.3 cm³/mol. The molecule has 0 saturated carbocycles. The average molecular weight is 327 g/mol. The molecule has 0 aliphatic carbocycles. The minimum atomic E-state index is 0.00000850. The highest BCUT2D eigenvalue weighted by Crippen LogP contribution is 2.32. The molecule has 3 rings (SSSR count). The molecule has 1 N–H and O–H groups in total. The van der Waals surface area contributed by atoms with E-state index in [9.17, 15) is 4.79 Å². The Morgan fingerprint density at radius 1 is 1.38 bits per heavy atom. The number of likely N-dealkylation sites (tertiary alicyclic amines) is 1. The van der Waals surface area contributed by atoms with Crippen molar-refractivity contribution in [2.45, 2.75) is 25.8 Å². The number of rotatable bonds is 5. The zero-order valence-corrected chi connectivity index (χ0v) is 14.6. The van der Waals surface area contributed by atoms with Crippen molar-refractivity contribution in [2.24, 2.45) is 7.05 Å². The lowest BCUT2D eigenvalue weighted by Crippen LogP contribution is -2.33. The molecule has 1 aromatic heterocycles. The van der Waals surface area contributed by atoms with Crippen LogP contribution in [0.2, 0.25) is 0 Å². The highest BCUT2D eigenvalue weighted by molar-refractivity contribution is 5.93. The molecule has 0 unspecified atom stereocenters. The van der Waals surface area contributed by atoms with Gasteiger partial charge in [-0.2, -0.15) is 0 Å². The highest BCUT2D eigenvalue weighted by Gasteiger charge is 2.29. The molecule has 24 heavy (non-hydrogen) atoms. The van der Waals surface area contributed by atoms with Crippen molar-refractivity contribution >= 4 is 11.6 Å². The number of methoxy groups -OCH3 is 1. The Morgan fingerprint density at radius 3 is 2.92 bits per heavy atom. The van der Waals surface area contributed by atoms with E-state index in [-0.39, 0.29) is 5.91 Å². The number of hydrogen-bond donors (Lipinski definition) is 1. The van der Waals surface area contributed by atoms with Gasteiger partial charge in [0.15, 0.2) is 0 Å². The van der Waals surface area contributed by atoms with E-state index in [1.54, 1.807) is 7.11 Å². The number of carbonyl (C=O) groups excluding carboxylic acids is 1. The Morgan fingerprint density at radius 2 is 2.21 bits per heavy atom. The zero-order chi connectivity index (χ0) is 17.1. The number of anilines is 1. The number of nitrogens with one attached hydrogen (secondary N) is 1. The van der Waals surface area contributed by atoms with E-state index >= 15 is 0 Å². The molecule has 1 saturated heterocycles. The summed E-state index contributed by atoms with van der Waals surface area (Å²) < 4.78 is 7.48. The molecule has 0 spiro atoms. The van der Waals surface area contributed by atoms with Crippen molar-refractivity contribution in [3.63, 3.8) is 0 Å². The van der Waals surface area contributed by atoms with Crippen LogP contribution >= 0.6 is 0 Å². The third kappa shape index (κ3) is 3.46. The van der Waals surface area contributed by atoms with Crippen LogP contribution in [0.3, 0.4) is 0 Å². The summed E-state index contributed by atoms with van der Waals surface area (Å²) in [6, 6.07) is 10.3. The fourth-order valence-electron chi connectivity index (χ4n) is 3.46. The molecule has 0 bridgehead atoms. The van der Waals surface area contributed by atoms with Crippen LogP contribution in [0.5, 0.6) is 5.75 Å². The normalized spacial score (nSPS) is 17.9. The minimum absolute atomic E-state index is 0.00000850. The van der Waals surface area contributed by atoms with Crippen molar-refractivity contribution in [3.8, 4) is 5.75 Å². The number of hydrogen-bond acceptors (Lipinski definition) is 3. The maximum absolute atomic E-state index is 12.5. The van der Waals surface area contributed by atoms with Crippen molar-refractivity contribution in [2.75, 3.05) is 25.5 Å². The molecule has 1 fully saturated rings. The molecule has 5 nitrogen and oxygen atoms in total. The monoisotopic (exact) mass is 327 g/mol. The van der Waals surface area contributed by atoms with Gasteiger partial charge in [-0.1, -0.05) is 6.07 Å². The van der Waals surface area contributed by atoms with Crippen LogP contribution in [0, 0.1) is 6.92 Å². The van der Waals surface area contributed by atoms with Gasteiger partial charge >= 0.3 is 0 Å². The van der Waals surface area contributed by atoms with E-state index in [1.807, 2.05) is 25.1 Å². The number of carbonyl (C=O) groups is 1. The fourth-order valence-corrected chi connectivity index (χ4v) is 3.46. The van der Waals surface area contributed by atoms with E-state index in [1.165, 1.54) is 5.69 Å². The molecule has 5 heteroatoms. The quantitative estimate of drug-likeness (QED) is 0.918. The molecule has 128 valence electrons. The van der Waals surface area contributed by atoms with Gasteiger partial charge < -0.3 is 14.6 Å². The van der Waals surface area contributed by atoms with Crippen molar-refractivity contribution in [1.82, 2.24) is 9.47 Å². The second-order valence-corrected chi connectivity index (χ2v) is 6.42. The molecular formula is C19H25N3O2. The van der Waals surface area contributed by atoms with Crippen LogP contribution in [0.25, 0.3) is 0 Å². The second kappa shape index (κ2) is 7.09. The zero-order valence-electron chi connectivity index (χ0n) is 14.6. The lowest BCUT2D eigenvalue weighted by atomic mass is 10.1. The van der Waals surface area contributed by atoms with Gasteiger partial charge in [-0.15, -0.1) is 0 Å². The SMILES string of the molecule is COc1ccc(C)cc1NC(=O)CN1CCC[C@@H]1c1cccn1C. The van der Waals surface area contributed by atoms with Crippen LogP contribution in [-0.4, -0.2) is 35.6 Å². The summed E-state index contributed by atoms with van der Waals surface area (Å²) in [7, 11) is 3.68. The predicted octanol–water partition coefficient (Wildman–Crippen LogP) is 3.12. The number of aromatic nitrogens is 1. The number of nitrogens with zero attached hydrogens (tertiary/aromatic N) is 2. The summed E-state index contributed by atoms with van der Waals surface area (Å²) in [6.07, 6.45) is 4.28. The minimum Gasteiger partial charge on any atom is -0.495 e. The van der Waals surface area contributed by atoms with E-state index in [2.05, 4.69) is 40.2 Å². The smallest absolute Gasteiger partial charge is 0.238 e. The number of aryl methyl sites for hydroxylation is 2. The topological polar surface area (TPSA) is 46.5 Å². The Hall–Kier alpha value is -2.27. The van der Waals surface area contributed by atoms with Gasteiger partial charge in [-0.3, -0.25) is 9.69 Å². The standard InChI is InChI=1S/C19H25N3O2/c1-14-8-9-18(24-3)15(12-14)20-19(23)13-22-11-5-7-17(22)16-6-4-10-21(16)2/h4,6,8-10,12,17H,5,7,11,13H2,1-3H3,(H,20,23)/t17-/m1/s1. The molecule has 0 radical (unpaired) electrons. The maximum Gasteiger partial charge on any atom is 0.238 e. The number of amides is 1. The molecule has 1 aromatic carbocycles. The van der Waals surface area contributed by atoms with E-state index in [0.717, 1.165) is 30.6 Å². The van der Waals surface area contributed by atoms with Crippen molar-refractivity contribution < 1.29 is 9.53 Å². The van der Waals surface area contributed by atoms with Gasteiger partial charge in [-0.25, -0.2) is 0 Å². The number of ether oxygens (including phenoxy) is 1. The third-order valence-electron chi connectivity index (χ3n) is 4.66. The van der Waals surface area contributed by atoms with Crippen molar-refractivity contribution in [1.29, 1.82) is 0 Å². The first kappa shape index (κ1) is 16.6. The van der Waals surface area contributed by atoms with Gasteiger partial charge in [0.05, 0.1) is 25.4 Å². The summed E-state index contributed by atoms with van der Waals surface area (Å²) >= 11 is 0. The first-order chi connectivity index (χ1) is 11.6. The summed E-state index contributed by atoms with van der Waals surface area (Å²) in [6.45, 7) is 3.35. The van der Waals surface area contributed by atoms with Gasteiger partial charge in [0.1, 0.15) is 5.75 Å². The van der Waals surface area contributed by atoms with E-state index < -0.39 is 0 Å². The van der Waals surface area contributed by atoms with Gasteiger partial charge in [0, 0.05) is 18.9 Å². The van der Waals surface area contributed by atoms with Crippen LogP contribution in [0.1, 0.15) is 30.1 Å². The molecular weight excluding hydrogens is 302 g/mol. The van der Waals surface area contributed by atoms with Crippen LogP contribution in [0.4, 0.5) is 5.69 Å². The highest BCUT2D eigenvalue weighted by atomic mass is 16.5. The van der Waals surface area contributed by atoms with Crippen LogP contribution in [0.15, 0.2) is 36.5 Å². The van der Waals surface area contributed by atoms with Crippen molar-refractivity contribution in [3.05, 3.63) is 47.8 Å². The van der Waals surface area contributed by atoms with Crippen LogP contribution in [-0.2, 0) is 11.8 Å². The van der Waals surface area contributed by atoms with Crippen LogP contribution < -0.4 is 10.1 Å². The number of benzene rings is 1. The molecule has 1 amide bonds. The lowest BCUT2D eigenvalue weighted by Gasteiger charge is -2.24. The second-order valence-electron chi connectivity index (χ2n) is 6.42. The Bertz CT molecular complexity index is 723. The summed E-state index contributed by atoms with van der Waals surface area (Å²) in [5.74, 6) is 0.689. The largest absolute Gasteiger partial charge is 0.495 e.